The third-order valence-corrected chi connectivity index (χ3v) is 6.73. The smallest absolute Gasteiger partial charge is 0.0811 e. The van der Waals surface area contributed by atoms with E-state index in [2.05, 4.69) is 24.3 Å². The summed E-state index contributed by atoms with van der Waals surface area (Å²) >= 11 is 0. The standard InChI is InChI=1S/C17H20O/c1-18-17-11-7-6-10(8-11)16(17)14-9-15(17)13-5-3-2-4-12(13)14/h2-5,10-11,14-16H,6-9H2,1H3/t10-,11-,14-,15-,16+,17-/m0/s1. The topological polar surface area (TPSA) is 9.23 Å². The van der Waals surface area contributed by atoms with Crippen LogP contribution in [0.25, 0.3) is 0 Å². The molecule has 0 amide bonds. The van der Waals surface area contributed by atoms with E-state index in [0.29, 0.717) is 5.92 Å². The lowest BCUT2D eigenvalue weighted by atomic mass is 9.65. The van der Waals surface area contributed by atoms with Gasteiger partial charge >= 0.3 is 0 Å². The van der Waals surface area contributed by atoms with Crippen molar-refractivity contribution in [3.05, 3.63) is 35.4 Å². The molecule has 3 saturated carbocycles. The Morgan fingerprint density at radius 1 is 1.11 bits per heavy atom. The van der Waals surface area contributed by atoms with Crippen LogP contribution in [-0.4, -0.2) is 12.7 Å². The van der Waals surface area contributed by atoms with Gasteiger partial charge in [-0.05, 0) is 60.5 Å². The minimum Gasteiger partial charge on any atom is -0.377 e. The maximum Gasteiger partial charge on any atom is 0.0811 e. The van der Waals surface area contributed by atoms with Gasteiger partial charge in [-0.25, -0.2) is 0 Å². The fourth-order valence-corrected chi connectivity index (χ4v) is 6.44. The van der Waals surface area contributed by atoms with Gasteiger partial charge in [-0.1, -0.05) is 24.3 Å². The first kappa shape index (κ1) is 10.0. The molecule has 0 radical (unpaired) electrons. The fraction of sp³-hybridized carbons (Fsp3) is 0.647. The number of benzene rings is 1. The van der Waals surface area contributed by atoms with Gasteiger partial charge < -0.3 is 4.74 Å². The Hall–Kier alpha value is -0.820. The van der Waals surface area contributed by atoms with Crippen molar-refractivity contribution in [2.75, 3.05) is 7.11 Å². The monoisotopic (exact) mass is 240 g/mol. The molecule has 0 heterocycles. The zero-order valence-corrected chi connectivity index (χ0v) is 10.9. The minimum absolute atomic E-state index is 0.224. The first-order chi connectivity index (χ1) is 8.86. The zero-order valence-electron chi connectivity index (χ0n) is 10.9. The van der Waals surface area contributed by atoms with Crippen LogP contribution in [0.3, 0.4) is 0 Å². The first-order valence-electron chi connectivity index (χ1n) is 7.50. The second-order valence-electron chi connectivity index (χ2n) is 6.88. The van der Waals surface area contributed by atoms with E-state index >= 15 is 0 Å². The molecule has 0 aromatic heterocycles. The summed E-state index contributed by atoms with van der Waals surface area (Å²) in [7, 11) is 1.98. The maximum absolute atomic E-state index is 6.25. The van der Waals surface area contributed by atoms with Crippen molar-refractivity contribution in [2.45, 2.75) is 43.1 Å². The summed E-state index contributed by atoms with van der Waals surface area (Å²) in [6.07, 6.45) is 5.69. The normalized spacial score (nSPS) is 50.6. The van der Waals surface area contributed by atoms with Crippen molar-refractivity contribution < 1.29 is 4.74 Å². The second kappa shape index (κ2) is 3.01. The zero-order chi connectivity index (χ0) is 11.9. The molecule has 94 valence electrons. The molecular weight excluding hydrogens is 220 g/mol. The average molecular weight is 240 g/mol. The van der Waals surface area contributed by atoms with Crippen molar-refractivity contribution >= 4 is 0 Å². The Labute approximate surface area is 109 Å². The molecule has 0 unspecified atom stereocenters. The van der Waals surface area contributed by atoms with Gasteiger partial charge in [0.15, 0.2) is 0 Å². The number of hydrogen-bond acceptors (Lipinski definition) is 1. The molecule has 1 heteroatoms. The summed E-state index contributed by atoms with van der Waals surface area (Å²) in [6.45, 7) is 0. The van der Waals surface area contributed by atoms with Crippen molar-refractivity contribution in [1.82, 2.24) is 0 Å². The van der Waals surface area contributed by atoms with Crippen LogP contribution in [0.2, 0.25) is 0 Å². The number of methoxy groups -OCH3 is 1. The van der Waals surface area contributed by atoms with Gasteiger partial charge in [-0.2, -0.15) is 0 Å². The van der Waals surface area contributed by atoms with Crippen LogP contribution in [0, 0.1) is 17.8 Å². The van der Waals surface area contributed by atoms with Crippen LogP contribution in [-0.2, 0) is 4.74 Å². The summed E-state index contributed by atoms with van der Waals surface area (Å²) in [5, 5.41) is 0. The lowest BCUT2D eigenvalue weighted by Crippen LogP contribution is -2.48. The molecule has 4 aliphatic carbocycles. The van der Waals surface area contributed by atoms with Gasteiger partial charge in [0.1, 0.15) is 0 Å². The molecule has 0 spiro atoms. The molecule has 5 rings (SSSR count). The maximum atomic E-state index is 6.25. The molecular formula is C17H20O. The first-order valence-corrected chi connectivity index (χ1v) is 7.50. The number of fused-ring (bicyclic) bond motifs is 12. The van der Waals surface area contributed by atoms with Crippen LogP contribution in [0.5, 0.6) is 0 Å². The predicted octanol–water partition coefficient (Wildman–Crippen LogP) is 3.70. The Balaban J connectivity index is 1.75. The van der Waals surface area contributed by atoms with E-state index in [9.17, 15) is 0 Å². The highest BCUT2D eigenvalue weighted by molar-refractivity contribution is 5.48. The SMILES string of the molecule is CO[C@]12[C@H]3CC[C@@H](C3)[C@@H]1[C@H]1C[C@H]2c2ccccc21. The van der Waals surface area contributed by atoms with Gasteiger partial charge in [0.2, 0.25) is 0 Å². The lowest BCUT2D eigenvalue weighted by molar-refractivity contribution is -0.0949. The number of rotatable bonds is 1. The largest absolute Gasteiger partial charge is 0.377 e. The highest BCUT2D eigenvalue weighted by Gasteiger charge is 2.70. The van der Waals surface area contributed by atoms with E-state index in [1.807, 2.05) is 7.11 Å². The molecule has 1 aromatic rings. The van der Waals surface area contributed by atoms with Crippen molar-refractivity contribution in [3.8, 4) is 0 Å². The van der Waals surface area contributed by atoms with E-state index < -0.39 is 0 Å². The summed E-state index contributed by atoms with van der Waals surface area (Å²) in [6, 6.07) is 9.18. The molecule has 4 bridgehead atoms. The number of hydrogen-bond donors (Lipinski definition) is 0. The third-order valence-electron chi connectivity index (χ3n) is 6.73. The van der Waals surface area contributed by atoms with E-state index in [0.717, 1.165) is 23.7 Å². The predicted molar refractivity (Wildman–Crippen MR) is 70.6 cm³/mol. The highest BCUT2D eigenvalue weighted by Crippen LogP contribution is 2.74. The fourth-order valence-electron chi connectivity index (χ4n) is 6.44. The number of ether oxygens (including phenoxy) is 1. The van der Waals surface area contributed by atoms with Gasteiger partial charge in [0.25, 0.3) is 0 Å². The molecule has 4 aliphatic rings. The van der Waals surface area contributed by atoms with Gasteiger partial charge in [-0.3, -0.25) is 0 Å². The van der Waals surface area contributed by atoms with Crippen LogP contribution in [0.4, 0.5) is 0 Å². The van der Waals surface area contributed by atoms with E-state index in [-0.39, 0.29) is 5.60 Å². The molecule has 3 fully saturated rings. The van der Waals surface area contributed by atoms with Gasteiger partial charge in [-0.15, -0.1) is 0 Å². The van der Waals surface area contributed by atoms with Crippen LogP contribution >= 0.6 is 0 Å². The van der Waals surface area contributed by atoms with E-state index in [4.69, 9.17) is 4.74 Å². The Bertz CT molecular complexity index is 522. The molecule has 1 nitrogen and oxygen atoms in total. The Morgan fingerprint density at radius 3 is 2.78 bits per heavy atom. The van der Waals surface area contributed by atoms with Crippen molar-refractivity contribution in [2.24, 2.45) is 17.8 Å². The van der Waals surface area contributed by atoms with E-state index in [1.165, 1.54) is 25.7 Å². The van der Waals surface area contributed by atoms with Crippen molar-refractivity contribution in [3.63, 3.8) is 0 Å². The summed E-state index contributed by atoms with van der Waals surface area (Å²) in [5.41, 5.74) is 3.50. The third kappa shape index (κ3) is 0.843. The molecule has 0 aliphatic heterocycles. The minimum atomic E-state index is 0.224. The van der Waals surface area contributed by atoms with Crippen molar-refractivity contribution in [1.29, 1.82) is 0 Å². The average Bonchev–Trinajstić information content (AvgIpc) is 3.15. The quantitative estimate of drug-likeness (QED) is 0.680. The molecule has 6 atom stereocenters. The van der Waals surface area contributed by atoms with Crippen LogP contribution < -0.4 is 0 Å². The summed E-state index contributed by atoms with van der Waals surface area (Å²) in [4.78, 5) is 0. The van der Waals surface area contributed by atoms with Crippen LogP contribution in [0.15, 0.2) is 24.3 Å². The summed E-state index contributed by atoms with van der Waals surface area (Å²) < 4.78 is 6.25. The molecule has 18 heavy (non-hydrogen) atoms. The second-order valence-corrected chi connectivity index (χ2v) is 6.88. The molecule has 0 saturated heterocycles. The van der Waals surface area contributed by atoms with Gasteiger partial charge in [0.05, 0.1) is 5.60 Å². The molecule has 1 aromatic carbocycles. The van der Waals surface area contributed by atoms with E-state index in [1.54, 1.807) is 11.1 Å². The van der Waals surface area contributed by atoms with Crippen LogP contribution in [0.1, 0.15) is 48.6 Å². The summed E-state index contributed by atoms with van der Waals surface area (Å²) in [5.74, 6) is 4.14. The highest BCUT2D eigenvalue weighted by atomic mass is 16.5. The Morgan fingerprint density at radius 2 is 1.94 bits per heavy atom. The Kier molecular flexibility index (Phi) is 1.68. The lowest BCUT2D eigenvalue weighted by Gasteiger charge is -2.46. The van der Waals surface area contributed by atoms with Gasteiger partial charge in [0, 0.05) is 13.0 Å². The molecule has 0 N–H and O–H groups in total.